The summed E-state index contributed by atoms with van der Waals surface area (Å²) >= 11 is 0. The molecule has 0 aromatic heterocycles. The SMILES string of the molecule is COc1ccc(CN(C)C(=O)C2CCCCC2(C)N)c(OC)c1. The van der Waals surface area contributed by atoms with Crippen LogP contribution in [0.5, 0.6) is 11.5 Å². The molecule has 2 N–H and O–H groups in total. The highest BCUT2D eigenvalue weighted by Crippen LogP contribution is 2.33. The van der Waals surface area contributed by atoms with Gasteiger partial charge in [-0.05, 0) is 31.9 Å². The topological polar surface area (TPSA) is 64.8 Å². The number of carbonyl (C=O) groups excluding carboxylic acids is 1. The first-order chi connectivity index (χ1) is 10.9. The van der Waals surface area contributed by atoms with Gasteiger partial charge in [-0.1, -0.05) is 12.8 Å². The van der Waals surface area contributed by atoms with Crippen LogP contribution in [0.4, 0.5) is 0 Å². The van der Waals surface area contributed by atoms with Gasteiger partial charge >= 0.3 is 0 Å². The summed E-state index contributed by atoms with van der Waals surface area (Å²) in [4.78, 5) is 14.6. The van der Waals surface area contributed by atoms with Crippen LogP contribution >= 0.6 is 0 Å². The van der Waals surface area contributed by atoms with Gasteiger partial charge in [-0.15, -0.1) is 0 Å². The number of hydrogen-bond acceptors (Lipinski definition) is 4. The molecule has 2 rings (SSSR count). The lowest BCUT2D eigenvalue weighted by molar-refractivity contribution is -0.138. The Hall–Kier alpha value is -1.75. The first-order valence-electron chi connectivity index (χ1n) is 8.14. The predicted molar refractivity (Wildman–Crippen MR) is 90.6 cm³/mol. The van der Waals surface area contributed by atoms with Gasteiger partial charge in [0.1, 0.15) is 11.5 Å². The lowest BCUT2D eigenvalue weighted by Crippen LogP contribution is -2.53. The van der Waals surface area contributed by atoms with Crippen LogP contribution in [0.1, 0.15) is 38.2 Å². The van der Waals surface area contributed by atoms with Crippen molar-refractivity contribution in [3.05, 3.63) is 23.8 Å². The van der Waals surface area contributed by atoms with E-state index >= 15 is 0 Å². The van der Waals surface area contributed by atoms with Crippen molar-refractivity contribution in [2.75, 3.05) is 21.3 Å². The molecule has 0 saturated heterocycles. The number of nitrogens with two attached hydrogens (primary N) is 1. The second-order valence-corrected chi connectivity index (χ2v) is 6.68. The molecule has 23 heavy (non-hydrogen) atoms. The van der Waals surface area contributed by atoms with Crippen LogP contribution in [0.15, 0.2) is 18.2 Å². The van der Waals surface area contributed by atoms with Crippen LogP contribution in [-0.4, -0.2) is 37.6 Å². The van der Waals surface area contributed by atoms with Crippen molar-refractivity contribution in [1.29, 1.82) is 0 Å². The minimum atomic E-state index is -0.409. The molecule has 1 aromatic carbocycles. The Kier molecular flexibility index (Phi) is 5.52. The number of nitrogens with zero attached hydrogens (tertiary/aromatic N) is 1. The van der Waals surface area contributed by atoms with E-state index in [1.54, 1.807) is 19.1 Å². The van der Waals surface area contributed by atoms with Gasteiger partial charge in [-0.3, -0.25) is 4.79 Å². The summed E-state index contributed by atoms with van der Waals surface area (Å²) in [6, 6.07) is 5.65. The molecule has 0 spiro atoms. The molecule has 0 radical (unpaired) electrons. The predicted octanol–water partition coefficient (Wildman–Crippen LogP) is 2.57. The average molecular weight is 320 g/mol. The van der Waals surface area contributed by atoms with Crippen molar-refractivity contribution in [3.8, 4) is 11.5 Å². The summed E-state index contributed by atoms with van der Waals surface area (Å²) < 4.78 is 10.6. The largest absolute Gasteiger partial charge is 0.497 e. The zero-order valence-electron chi connectivity index (χ0n) is 14.6. The van der Waals surface area contributed by atoms with Gasteiger partial charge in [0.05, 0.1) is 20.1 Å². The summed E-state index contributed by atoms with van der Waals surface area (Å²) in [6.45, 7) is 2.50. The molecule has 0 heterocycles. The van der Waals surface area contributed by atoms with Crippen molar-refractivity contribution in [3.63, 3.8) is 0 Å². The van der Waals surface area contributed by atoms with Crippen molar-refractivity contribution >= 4 is 5.91 Å². The van der Waals surface area contributed by atoms with Crippen LogP contribution in [0.2, 0.25) is 0 Å². The van der Waals surface area contributed by atoms with Crippen LogP contribution < -0.4 is 15.2 Å². The minimum absolute atomic E-state index is 0.106. The highest BCUT2D eigenvalue weighted by atomic mass is 16.5. The van der Waals surface area contributed by atoms with Crippen LogP contribution in [0, 0.1) is 5.92 Å². The Balaban J connectivity index is 2.12. The molecule has 5 heteroatoms. The van der Waals surface area contributed by atoms with E-state index in [1.165, 1.54) is 0 Å². The van der Waals surface area contributed by atoms with E-state index in [0.29, 0.717) is 6.54 Å². The van der Waals surface area contributed by atoms with E-state index < -0.39 is 5.54 Å². The summed E-state index contributed by atoms with van der Waals surface area (Å²) in [5.74, 6) is 1.47. The van der Waals surface area contributed by atoms with Gasteiger partial charge < -0.3 is 20.1 Å². The first-order valence-corrected chi connectivity index (χ1v) is 8.14. The summed E-state index contributed by atoms with van der Waals surface area (Å²) in [7, 11) is 5.07. The molecule has 5 nitrogen and oxygen atoms in total. The fraction of sp³-hybridized carbons (Fsp3) is 0.611. The molecule has 1 aliphatic carbocycles. The Labute approximate surface area is 138 Å². The number of hydrogen-bond donors (Lipinski definition) is 1. The zero-order chi connectivity index (χ0) is 17.0. The molecule has 2 atom stereocenters. The van der Waals surface area contributed by atoms with Crippen molar-refractivity contribution < 1.29 is 14.3 Å². The van der Waals surface area contributed by atoms with Crippen molar-refractivity contribution in [1.82, 2.24) is 4.90 Å². The number of rotatable bonds is 5. The van der Waals surface area contributed by atoms with Gasteiger partial charge in [0.2, 0.25) is 5.91 Å². The fourth-order valence-electron chi connectivity index (χ4n) is 3.35. The molecule has 2 unspecified atom stereocenters. The van der Waals surface area contributed by atoms with Gasteiger partial charge in [0, 0.05) is 30.8 Å². The maximum atomic E-state index is 12.8. The Bertz CT molecular complexity index is 557. The number of amides is 1. The third-order valence-corrected chi connectivity index (χ3v) is 4.83. The summed E-state index contributed by atoms with van der Waals surface area (Å²) in [5, 5.41) is 0. The first kappa shape index (κ1) is 17.6. The van der Waals surface area contributed by atoms with Gasteiger partial charge in [0.25, 0.3) is 0 Å². The van der Waals surface area contributed by atoms with Crippen molar-refractivity contribution in [2.24, 2.45) is 11.7 Å². The minimum Gasteiger partial charge on any atom is -0.497 e. The third-order valence-electron chi connectivity index (χ3n) is 4.83. The van der Waals surface area contributed by atoms with E-state index in [9.17, 15) is 4.79 Å². The molecule has 1 aromatic rings. The lowest BCUT2D eigenvalue weighted by atomic mass is 9.74. The van der Waals surface area contributed by atoms with Crippen LogP contribution in [0.3, 0.4) is 0 Å². The standard InChI is InChI=1S/C18H28N2O3/c1-18(19)10-6-5-7-15(18)17(21)20(2)12-13-8-9-14(22-3)11-16(13)23-4/h8-9,11,15H,5-7,10,12,19H2,1-4H3. The maximum absolute atomic E-state index is 12.8. The molecule has 1 aliphatic rings. The molecule has 1 amide bonds. The van der Waals surface area contributed by atoms with Crippen LogP contribution in [0.25, 0.3) is 0 Å². The second kappa shape index (κ2) is 7.21. The zero-order valence-corrected chi connectivity index (χ0v) is 14.6. The summed E-state index contributed by atoms with van der Waals surface area (Å²) in [5.41, 5.74) is 6.91. The number of carbonyl (C=O) groups is 1. The molecule has 128 valence electrons. The molecule has 0 bridgehead atoms. The molecular weight excluding hydrogens is 292 g/mol. The Morgan fingerprint density at radius 1 is 1.35 bits per heavy atom. The normalized spacial score (nSPS) is 24.1. The van der Waals surface area contributed by atoms with Crippen molar-refractivity contribution in [2.45, 2.75) is 44.7 Å². The molecule has 1 saturated carbocycles. The lowest BCUT2D eigenvalue weighted by Gasteiger charge is -2.39. The molecule has 0 aliphatic heterocycles. The molecule has 1 fully saturated rings. The quantitative estimate of drug-likeness (QED) is 0.905. The highest BCUT2D eigenvalue weighted by Gasteiger charge is 2.39. The third kappa shape index (κ3) is 3.96. The average Bonchev–Trinajstić information content (AvgIpc) is 2.54. The highest BCUT2D eigenvalue weighted by molar-refractivity contribution is 5.80. The van der Waals surface area contributed by atoms with Gasteiger partial charge in [0.15, 0.2) is 0 Å². The Morgan fingerprint density at radius 3 is 2.70 bits per heavy atom. The summed E-state index contributed by atoms with van der Waals surface area (Å²) in [6.07, 6.45) is 3.95. The number of ether oxygens (including phenoxy) is 2. The fourth-order valence-corrected chi connectivity index (χ4v) is 3.35. The van der Waals surface area contributed by atoms with E-state index in [0.717, 1.165) is 42.7 Å². The van der Waals surface area contributed by atoms with Gasteiger partial charge in [-0.25, -0.2) is 0 Å². The Morgan fingerprint density at radius 2 is 2.09 bits per heavy atom. The van der Waals surface area contributed by atoms with E-state index in [-0.39, 0.29) is 11.8 Å². The van der Waals surface area contributed by atoms with Gasteiger partial charge in [-0.2, -0.15) is 0 Å². The van der Waals surface area contributed by atoms with E-state index in [4.69, 9.17) is 15.2 Å². The molecular formula is C18H28N2O3. The monoisotopic (exact) mass is 320 g/mol. The smallest absolute Gasteiger partial charge is 0.227 e. The van der Waals surface area contributed by atoms with E-state index in [2.05, 4.69) is 0 Å². The van der Waals surface area contributed by atoms with Crippen LogP contribution in [-0.2, 0) is 11.3 Å². The second-order valence-electron chi connectivity index (χ2n) is 6.68. The maximum Gasteiger partial charge on any atom is 0.227 e. The van der Waals surface area contributed by atoms with E-state index in [1.807, 2.05) is 32.2 Å². The number of benzene rings is 1. The number of methoxy groups -OCH3 is 2.